The summed E-state index contributed by atoms with van der Waals surface area (Å²) in [5, 5.41) is 12.7. The molecule has 10 heteroatoms. The zero-order valence-electron chi connectivity index (χ0n) is 15.5. The Bertz CT molecular complexity index is 1240. The van der Waals surface area contributed by atoms with E-state index in [4.69, 9.17) is 9.26 Å². The van der Waals surface area contributed by atoms with Crippen LogP contribution >= 0.6 is 0 Å². The molecule has 0 atom stereocenters. The van der Waals surface area contributed by atoms with Gasteiger partial charge in [-0.05, 0) is 31.0 Å². The molecular weight excluding hydrogens is 377 g/mol. The number of methoxy groups -OCH3 is 1. The number of benzene rings is 1. The van der Waals surface area contributed by atoms with Crippen LogP contribution in [-0.4, -0.2) is 41.6 Å². The number of aromatic nitrogens is 7. The molecule has 6 rings (SSSR count). The van der Waals surface area contributed by atoms with Gasteiger partial charge in [0.15, 0.2) is 11.6 Å². The van der Waals surface area contributed by atoms with Gasteiger partial charge in [-0.25, -0.2) is 9.37 Å². The van der Waals surface area contributed by atoms with E-state index in [9.17, 15) is 4.39 Å². The van der Waals surface area contributed by atoms with Gasteiger partial charge in [0.1, 0.15) is 24.4 Å². The van der Waals surface area contributed by atoms with E-state index in [0.717, 1.165) is 24.2 Å². The van der Waals surface area contributed by atoms with Crippen LogP contribution in [0.4, 0.5) is 4.39 Å². The number of fused-ring (bicyclic) bond motifs is 5. The molecule has 1 saturated carbocycles. The summed E-state index contributed by atoms with van der Waals surface area (Å²) in [7, 11) is 1.60. The van der Waals surface area contributed by atoms with Crippen LogP contribution < -0.4 is 0 Å². The van der Waals surface area contributed by atoms with Crippen LogP contribution in [0.1, 0.15) is 36.2 Å². The fourth-order valence-corrected chi connectivity index (χ4v) is 3.73. The zero-order chi connectivity index (χ0) is 19.5. The average Bonchev–Trinajstić information content (AvgIpc) is 3.16. The SMILES string of the molecule is COCc1nnc2n1Cc1c(-c3noc(C4CC4)n3)ncn1-c1ccc(F)cc1-2. The summed E-state index contributed by atoms with van der Waals surface area (Å²) in [5.41, 5.74) is 2.87. The molecule has 1 aliphatic carbocycles. The van der Waals surface area contributed by atoms with Crippen molar-refractivity contribution in [1.29, 1.82) is 0 Å². The van der Waals surface area contributed by atoms with Gasteiger partial charge >= 0.3 is 0 Å². The van der Waals surface area contributed by atoms with Gasteiger partial charge in [-0.1, -0.05) is 5.16 Å². The number of hydrogen-bond acceptors (Lipinski definition) is 7. The number of imidazole rings is 1. The summed E-state index contributed by atoms with van der Waals surface area (Å²) >= 11 is 0. The van der Waals surface area contributed by atoms with Crippen LogP contribution in [0.15, 0.2) is 29.0 Å². The second kappa shape index (κ2) is 6.05. The van der Waals surface area contributed by atoms with Gasteiger partial charge in [0.25, 0.3) is 0 Å². The van der Waals surface area contributed by atoms with Gasteiger partial charge in [0.2, 0.25) is 11.7 Å². The molecule has 0 N–H and O–H groups in total. The van der Waals surface area contributed by atoms with Crippen molar-refractivity contribution in [3.05, 3.63) is 47.8 Å². The Labute approximate surface area is 164 Å². The highest BCUT2D eigenvalue weighted by molar-refractivity contribution is 5.71. The summed E-state index contributed by atoms with van der Waals surface area (Å²) in [6.45, 7) is 0.703. The lowest BCUT2D eigenvalue weighted by Crippen LogP contribution is -2.09. The van der Waals surface area contributed by atoms with Crippen molar-refractivity contribution in [3.63, 3.8) is 0 Å². The van der Waals surface area contributed by atoms with Crippen molar-refractivity contribution in [1.82, 2.24) is 34.5 Å². The molecular formula is C19H16FN7O2. The third kappa shape index (κ3) is 2.52. The topological polar surface area (TPSA) is 96.7 Å². The Balaban J connectivity index is 1.56. The van der Waals surface area contributed by atoms with Crippen molar-refractivity contribution >= 4 is 0 Å². The summed E-state index contributed by atoms with van der Waals surface area (Å²) in [6.07, 6.45) is 3.85. The Morgan fingerprint density at radius 3 is 3.00 bits per heavy atom. The minimum atomic E-state index is -0.345. The van der Waals surface area contributed by atoms with Crippen LogP contribution in [0.2, 0.25) is 0 Å². The number of hydrogen-bond donors (Lipinski definition) is 0. The van der Waals surface area contributed by atoms with Crippen molar-refractivity contribution in [2.75, 3.05) is 7.11 Å². The Morgan fingerprint density at radius 2 is 2.17 bits per heavy atom. The molecule has 0 amide bonds. The van der Waals surface area contributed by atoms with E-state index in [0.29, 0.717) is 47.1 Å². The summed E-state index contributed by atoms with van der Waals surface area (Å²) in [5.74, 6) is 2.34. The molecule has 3 aromatic heterocycles. The Morgan fingerprint density at radius 1 is 1.28 bits per heavy atom. The molecule has 0 saturated heterocycles. The normalized spacial score (nSPS) is 15.0. The van der Waals surface area contributed by atoms with Gasteiger partial charge in [-0.2, -0.15) is 4.98 Å². The monoisotopic (exact) mass is 393 g/mol. The molecule has 0 unspecified atom stereocenters. The van der Waals surface area contributed by atoms with Gasteiger partial charge in [-0.15, -0.1) is 10.2 Å². The summed E-state index contributed by atoms with van der Waals surface area (Å²) in [4.78, 5) is 9.10. The van der Waals surface area contributed by atoms with E-state index >= 15 is 0 Å². The molecule has 1 fully saturated rings. The van der Waals surface area contributed by atoms with Crippen molar-refractivity contribution in [3.8, 4) is 28.6 Å². The molecule has 1 aliphatic heterocycles. The number of ether oxygens (including phenoxy) is 1. The minimum absolute atomic E-state index is 0.287. The van der Waals surface area contributed by atoms with Crippen molar-refractivity contribution in [2.24, 2.45) is 0 Å². The first-order valence-electron chi connectivity index (χ1n) is 9.34. The van der Waals surface area contributed by atoms with Crippen LogP contribution in [0.5, 0.6) is 0 Å². The molecule has 0 spiro atoms. The van der Waals surface area contributed by atoms with E-state index in [1.807, 2.05) is 9.13 Å². The van der Waals surface area contributed by atoms with Gasteiger partial charge in [0.05, 0.1) is 17.9 Å². The first-order valence-corrected chi connectivity index (χ1v) is 9.34. The fraction of sp³-hybridized carbons (Fsp3) is 0.316. The van der Waals surface area contributed by atoms with E-state index in [1.165, 1.54) is 12.1 Å². The van der Waals surface area contributed by atoms with E-state index in [-0.39, 0.29) is 12.4 Å². The molecule has 2 aliphatic rings. The van der Waals surface area contributed by atoms with E-state index in [2.05, 4.69) is 25.3 Å². The minimum Gasteiger partial charge on any atom is -0.377 e. The quantitative estimate of drug-likeness (QED) is 0.463. The average molecular weight is 393 g/mol. The summed E-state index contributed by atoms with van der Waals surface area (Å²) < 4.78 is 28.6. The van der Waals surface area contributed by atoms with Crippen LogP contribution in [0, 0.1) is 5.82 Å². The molecule has 9 nitrogen and oxygen atoms in total. The lowest BCUT2D eigenvalue weighted by Gasteiger charge is -2.08. The van der Waals surface area contributed by atoms with Crippen molar-refractivity contribution in [2.45, 2.75) is 31.9 Å². The zero-order valence-corrected chi connectivity index (χ0v) is 15.5. The second-order valence-electron chi connectivity index (χ2n) is 7.26. The molecule has 4 aromatic rings. The van der Waals surface area contributed by atoms with Crippen LogP contribution in [0.3, 0.4) is 0 Å². The van der Waals surface area contributed by atoms with E-state index in [1.54, 1.807) is 19.5 Å². The predicted octanol–water partition coefficient (Wildman–Crippen LogP) is 2.71. The standard InChI is InChI=1S/C19H16FN7O2/c1-28-8-15-23-24-18-12-6-11(20)4-5-13(12)27-9-21-16(14(27)7-26(15)18)17-22-19(29-25-17)10-2-3-10/h4-6,9-10H,2-3,7-8H2,1H3. The molecule has 1 aromatic carbocycles. The molecule has 4 heterocycles. The molecule has 29 heavy (non-hydrogen) atoms. The van der Waals surface area contributed by atoms with Crippen molar-refractivity contribution < 1.29 is 13.7 Å². The van der Waals surface area contributed by atoms with E-state index < -0.39 is 0 Å². The highest BCUT2D eigenvalue weighted by Crippen LogP contribution is 2.40. The first kappa shape index (κ1) is 16.5. The highest BCUT2D eigenvalue weighted by Gasteiger charge is 2.32. The highest BCUT2D eigenvalue weighted by atomic mass is 19.1. The van der Waals surface area contributed by atoms with Gasteiger partial charge in [-0.3, -0.25) is 4.57 Å². The molecule has 146 valence electrons. The Hall–Kier alpha value is -3.40. The largest absolute Gasteiger partial charge is 0.377 e. The smallest absolute Gasteiger partial charge is 0.230 e. The third-order valence-corrected chi connectivity index (χ3v) is 5.31. The van der Waals surface area contributed by atoms with Crippen LogP contribution in [0.25, 0.3) is 28.6 Å². The lowest BCUT2D eigenvalue weighted by molar-refractivity contribution is 0.174. The molecule has 0 bridgehead atoms. The number of nitrogens with zero attached hydrogens (tertiary/aromatic N) is 7. The predicted molar refractivity (Wildman–Crippen MR) is 97.6 cm³/mol. The van der Waals surface area contributed by atoms with Crippen LogP contribution in [-0.2, 0) is 17.9 Å². The summed E-state index contributed by atoms with van der Waals surface area (Å²) in [6, 6.07) is 4.59. The van der Waals surface area contributed by atoms with Gasteiger partial charge < -0.3 is 13.8 Å². The number of rotatable bonds is 4. The van der Waals surface area contributed by atoms with Gasteiger partial charge in [0, 0.05) is 18.6 Å². The maximum atomic E-state index is 14.1. The maximum Gasteiger partial charge on any atom is 0.230 e. The molecule has 0 radical (unpaired) electrons. The maximum absolute atomic E-state index is 14.1. The number of halogens is 1. The Kier molecular flexibility index (Phi) is 3.45. The second-order valence-corrected chi connectivity index (χ2v) is 7.26. The fourth-order valence-electron chi connectivity index (χ4n) is 3.73. The third-order valence-electron chi connectivity index (χ3n) is 5.31. The lowest BCUT2D eigenvalue weighted by atomic mass is 10.1. The first-order chi connectivity index (χ1) is 14.2.